The molecule has 178 valence electrons. The maximum Gasteiger partial charge on any atom is 0.404 e. The molecule has 2 aromatic rings. The van der Waals surface area contributed by atoms with Crippen LogP contribution in [0.5, 0.6) is 0 Å². The monoisotopic (exact) mass is 461 g/mol. The smallest absolute Gasteiger partial charge is 0.404 e. The molecule has 0 radical (unpaired) electrons. The minimum atomic E-state index is -1.31. The van der Waals surface area contributed by atoms with Gasteiger partial charge in [-0.1, -0.05) is 12.1 Å². The summed E-state index contributed by atoms with van der Waals surface area (Å²) in [4.78, 5) is 13.5. The number of nitrogens with one attached hydrogen (secondary N) is 2. The number of anilines is 1. The largest absolute Gasteiger partial charge is 0.465 e. The van der Waals surface area contributed by atoms with E-state index in [0.717, 1.165) is 55.4 Å². The van der Waals surface area contributed by atoms with Gasteiger partial charge >= 0.3 is 6.09 Å². The number of carbonyl (C=O) groups is 1. The summed E-state index contributed by atoms with van der Waals surface area (Å²) in [5.41, 5.74) is 2.24. The average Bonchev–Trinajstić information content (AvgIpc) is 3.58. The number of benzene rings is 2. The summed E-state index contributed by atoms with van der Waals surface area (Å²) in [5.74, 6) is -1.49. The van der Waals surface area contributed by atoms with E-state index < -0.39 is 29.9 Å². The normalized spacial score (nSPS) is 19.1. The van der Waals surface area contributed by atoms with Gasteiger partial charge in [-0.25, -0.2) is 13.6 Å². The number of nitrogens with zero attached hydrogens (tertiary/aromatic N) is 1. The first-order chi connectivity index (χ1) is 15.8. The molecule has 9 heteroatoms. The van der Waals surface area contributed by atoms with E-state index in [4.69, 9.17) is 4.74 Å². The van der Waals surface area contributed by atoms with E-state index in [2.05, 4.69) is 33.7 Å². The Morgan fingerprint density at radius 2 is 1.82 bits per heavy atom. The van der Waals surface area contributed by atoms with Gasteiger partial charge < -0.3 is 30.5 Å². The van der Waals surface area contributed by atoms with E-state index in [9.17, 15) is 23.8 Å². The van der Waals surface area contributed by atoms with E-state index in [-0.39, 0.29) is 24.1 Å². The van der Waals surface area contributed by atoms with Gasteiger partial charge in [-0.15, -0.1) is 0 Å². The van der Waals surface area contributed by atoms with Crippen LogP contribution in [0.1, 0.15) is 24.0 Å². The van der Waals surface area contributed by atoms with Crippen LogP contribution in [0, 0.1) is 11.6 Å². The molecular formula is C24H29F2N3O4. The van der Waals surface area contributed by atoms with Crippen LogP contribution in [-0.2, 0) is 16.7 Å². The predicted octanol–water partition coefficient (Wildman–Crippen LogP) is 2.62. The van der Waals surface area contributed by atoms with Crippen molar-refractivity contribution in [1.82, 2.24) is 10.6 Å². The Hall–Kier alpha value is -2.75. The molecule has 1 saturated heterocycles. The number of aliphatic hydroxyl groups excluding tert-OH is 1. The first-order valence-corrected chi connectivity index (χ1v) is 11.2. The van der Waals surface area contributed by atoms with E-state index in [0.29, 0.717) is 13.2 Å². The second-order valence-corrected chi connectivity index (χ2v) is 8.72. The standard InChI is InChI=1S/C24H29F2N3O4/c25-18-10-16(11-19(26)14-18)12-21(28-23(31)32)22(30)15-27-24(4-5-24)17-2-1-3-20(13-17)29-6-8-33-9-7-29/h1-3,10-11,13-14,21-22,27-28,30H,4-9,12,15H2,(H,31,32)/t21-,22-/m0/s1. The van der Waals surface area contributed by atoms with Gasteiger partial charge in [0.2, 0.25) is 0 Å². The third kappa shape index (κ3) is 5.98. The van der Waals surface area contributed by atoms with E-state index in [1.807, 2.05) is 6.07 Å². The zero-order chi connectivity index (χ0) is 23.4. The Kier molecular flexibility index (Phi) is 7.11. The fourth-order valence-corrected chi connectivity index (χ4v) is 4.38. The molecule has 1 heterocycles. The Bertz CT molecular complexity index is 960. The summed E-state index contributed by atoms with van der Waals surface area (Å²) >= 11 is 0. The number of carboxylic acid groups (broad SMARTS) is 1. The number of hydrogen-bond acceptors (Lipinski definition) is 5. The molecule has 2 fully saturated rings. The molecular weight excluding hydrogens is 432 g/mol. The third-order valence-electron chi connectivity index (χ3n) is 6.33. The van der Waals surface area contributed by atoms with Gasteiger partial charge in [0.05, 0.1) is 25.4 Å². The average molecular weight is 462 g/mol. The second kappa shape index (κ2) is 10.0. The van der Waals surface area contributed by atoms with Crippen LogP contribution < -0.4 is 15.5 Å². The molecule has 2 atom stereocenters. The van der Waals surface area contributed by atoms with Crippen molar-refractivity contribution in [3.8, 4) is 0 Å². The van der Waals surface area contributed by atoms with Crippen molar-refractivity contribution in [2.45, 2.75) is 36.9 Å². The molecule has 0 spiro atoms. The summed E-state index contributed by atoms with van der Waals surface area (Å²) in [6.07, 6.45) is -0.636. The third-order valence-corrected chi connectivity index (χ3v) is 6.33. The Morgan fingerprint density at radius 1 is 1.12 bits per heavy atom. The zero-order valence-electron chi connectivity index (χ0n) is 18.3. The fourth-order valence-electron chi connectivity index (χ4n) is 4.38. The highest BCUT2D eigenvalue weighted by Gasteiger charge is 2.44. The lowest BCUT2D eigenvalue weighted by molar-refractivity contribution is 0.114. The Balaban J connectivity index is 1.42. The molecule has 1 aliphatic heterocycles. The topological polar surface area (TPSA) is 94.1 Å². The van der Waals surface area contributed by atoms with E-state index in [1.54, 1.807) is 0 Å². The SMILES string of the molecule is O=C(O)N[C@@H](Cc1cc(F)cc(F)c1)[C@@H](O)CNC1(c2cccc(N3CCOCC3)c2)CC1. The van der Waals surface area contributed by atoms with Crippen LogP contribution in [0.15, 0.2) is 42.5 Å². The maximum atomic E-state index is 13.5. The molecule has 0 aromatic heterocycles. The zero-order valence-corrected chi connectivity index (χ0v) is 18.3. The van der Waals surface area contributed by atoms with E-state index >= 15 is 0 Å². The van der Waals surface area contributed by atoms with Crippen LogP contribution in [0.4, 0.5) is 19.3 Å². The van der Waals surface area contributed by atoms with Gasteiger partial charge in [-0.2, -0.15) is 0 Å². The molecule has 2 aliphatic rings. The van der Waals surface area contributed by atoms with Crippen LogP contribution in [0.3, 0.4) is 0 Å². The number of amides is 1. The van der Waals surface area contributed by atoms with Crippen LogP contribution in [-0.4, -0.2) is 61.3 Å². The number of rotatable bonds is 9. The minimum absolute atomic E-state index is 0.0384. The molecule has 1 aliphatic carbocycles. The van der Waals surface area contributed by atoms with Crippen molar-refractivity contribution in [1.29, 1.82) is 0 Å². The Labute approximate surface area is 191 Å². The molecule has 1 saturated carbocycles. The number of halogens is 2. The second-order valence-electron chi connectivity index (χ2n) is 8.72. The summed E-state index contributed by atoms with van der Waals surface area (Å²) in [6, 6.07) is 10.4. The van der Waals surface area contributed by atoms with Crippen molar-refractivity contribution < 1.29 is 28.5 Å². The molecule has 0 unspecified atom stereocenters. The highest BCUT2D eigenvalue weighted by atomic mass is 19.1. The van der Waals surface area contributed by atoms with Gasteiger partial charge in [0.25, 0.3) is 0 Å². The summed E-state index contributed by atoms with van der Waals surface area (Å²) in [6.45, 7) is 3.21. The van der Waals surface area contributed by atoms with Crippen molar-refractivity contribution in [2.75, 3.05) is 37.7 Å². The molecule has 2 aromatic carbocycles. The summed E-state index contributed by atoms with van der Waals surface area (Å²) < 4.78 is 32.5. The number of aliphatic hydroxyl groups is 1. The van der Waals surface area contributed by atoms with E-state index in [1.165, 1.54) is 0 Å². The van der Waals surface area contributed by atoms with Gasteiger partial charge in [0.1, 0.15) is 11.6 Å². The lowest BCUT2D eigenvalue weighted by Gasteiger charge is -2.30. The molecule has 0 bridgehead atoms. The molecule has 33 heavy (non-hydrogen) atoms. The van der Waals surface area contributed by atoms with Crippen molar-refractivity contribution in [3.05, 3.63) is 65.2 Å². The first kappa shape index (κ1) is 23.4. The van der Waals surface area contributed by atoms with Crippen LogP contribution >= 0.6 is 0 Å². The van der Waals surface area contributed by atoms with Gasteiger partial charge in [-0.3, -0.25) is 0 Å². The number of hydrogen-bond donors (Lipinski definition) is 4. The summed E-state index contributed by atoms with van der Waals surface area (Å²) in [5, 5.41) is 25.6. The Morgan fingerprint density at radius 3 is 2.45 bits per heavy atom. The van der Waals surface area contributed by atoms with Crippen molar-refractivity contribution >= 4 is 11.8 Å². The number of morpholine rings is 1. The van der Waals surface area contributed by atoms with Gasteiger partial charge in [0.15, 0.2) is 0 Å². The van der Waals surface area contributed by atoms with Gasteiger partial charge in [-0.05, 0) is 54.7 Å². The molecule has 7 nitrogen and oxygen atoms in total. The van der Waals surface area contributed by atoms with Crippen LogP contribution in [0.25, 0.3) is 0 Å². The molecule has 4 rings (SSSR count). The van der Waals surface area contributed by atoms with Gasteiger partial charge in [0, 0.05) is 36.9 Å². The summed E-state index contributed by atoms with van der Waals surface area (Å²) in [7, 11) is 0. The fraction of sp³-hybridized carbons (Fsp3) is 0.458. The number of ether oxygens (including phenoxy) is 1. The van der Waals surface area contributed by atoms with Crippen molar-refractivity contribution in [2.24, 2.45) is 0 Å². The van der Waals surface area contributed by atoms with Crippen LogP contribution in [0.2, 0.25) is 0 Å². The lowest BCUT2D eigenvalue weighted by Crippen LogP contribution is -2.49. The van der Waals surface area contributed by atoms with Crippen molar-refractivity contribution in [3.63, 3.8) is 0 Å². The molecule has 4 N–H and O–H groups in total. The minimum Gasteiger partial charge on any atom is -0.465 e. The first-order valence-electron chi connectivity index (χ1n) is 11.2. The molecule has 1 amide bonds. The maximum absolute atomic E-state index is 13.5. The predicted molar refractivity (Wildman–Crippen MR) is 119 cm³/mol. The lowest BCUT2D eigenvalue weighted by atomic mass is 9.99. The highest BCUT2D eigenvalue weighted by Crippen LogP contribution is 2.46. The highest BCUT2D eigenvalue weighted by molar-refractivity contribution is 5.65. The quantitative estimate of drug-likeness (QED) is 0.459.